The maximum atomic E-state index is 11.7. The van der Waals surface area contributed by atoms with E-state index in [2.05, 4.69) is 10.2 Å². The molecule has 0 aromatic carbocycles. The van der Waals surface area contributed by atoms with E-state index in [1.807, 2.05) is 0 Å². The van der Waals surface area contributed by atoms with Crippen molar-refractivity contribution in [3.63, 3.8) is 0 Å². The molecule has 2 atom stereocenters. The number of hydrogen-bond acceptors (Lipinski definition) is 7. The zero-order chi connectivity index (χ0) is 16.9. The number of amides is 3. The maximum Gasteiger partial charge on any atom is 0.354 e. The summed E-state index contributed by atoms with van der Waals surface area (Å²) in [5.74, 6) is -4.08. The molecule has 1 aliphatic rings. The molecule has 22 heavy (non-hydrogen) atoms. The van der Waals surface area contributed by atoms with Gasteiger partial charge in [-0.2, -0.15) is 0 Å². The van der Waals surface area contributed by atoms with Crippen molar-refractivity contribution in [2.24, 2.45) is 5.73 Å². The summed E-state index contributed by atoms with van der Waals surface area (Å²) < 4.78 is 0. The van der Waals surface area contributed by atoms with Crippen LogP contribution in [-0.4, -0.2) is 51.9 Å². The first-order valence-electron chi connectivity index (χ1n) is 6.57. The second kappa shape index (κ2) is 7.50. The van der Waals surface area contributed by atoms with Crippen LogP contribution in [0.4, 0.5) is 0 Å². The van der Waals surface area contributed by atoms with Crippen molar-refractivity contribution in [2.75, 3.05) is 0 Å². The van der Waals surface area contributed by atoms with Crippen molar-refractivity contribution in [3.05, 3.63) is 0 Å². The van der Waals surface area contributed by atoms with Crippen molar-refractivity contribution < 1.29 is 33.9 Å². The number of nitrogens with zero attached hydrogens (tertiary/aromatic N) is 1. The van der Waals surface area contributed by atoms with Gasteiger partial charge in [0.1, 0.15) is 6.04 Å². The number of carbonyl (C=O) groups is 5. The highest BCUT2D eigenvalue weighted by molar-refractivity contribution is 6.02. The lowest BCUT2D eigenvalue weighted by Crippen LogP contribution is -2.49. The Morgan fingerprint density at radius 1 is 1.32 bits per heavy atom. The highest BCUT2D eigenvalue weighted by Gasteiger charge is 2.34. The van der Waals surface area contributed by atoms with Gasteiger partial charge in [-0.1, -0.05) is 0 Å². The molecular formula is C12H17N3O7. The van der Waals surface area contributed by atoms with E-state index in [0.29, 0.717) is 5.06 Å². The van der Waals surface area contributed by atoms with Crippen LogP contribution in [0.15, 0.2) is 0 Å². The van der Waals surface area contributed by atoms with Crippen LogP contribution in [0.5, 0.6) is 0 Å². The van der Waals surface area contributed by atoms with Crippen LogP contribution in [0, 0.1) is 0 Å². The number of hydrogen-bond donors (Lipinski definition) is 3. The van der Waals surface area contributed by atoms with Gasteiger partial charge in [0, 0.05) is 19.3 Å². The van der Waals surface area contributed by atoms with Crippen molar-refractivity contribution >= 4 is 29.7 Å². The van der Waals surface area contributed by atoms with Crippen molar-refractivity contribution in [1.82, 2.24) is 10.4 Å². The van der Waals surface area contributed by atoms with Gasteiger partial charge in [-0.3, -0.25) is 19.2 Å². The summed E-state index contributed by atoms with van der Waals surface area (Å²) in [7, 11) is 0. The van der Waals surface area contributed by atoms with Gasteiger partial charge < -0.3 is 21.0 Å². The molecule has 1 fully saturated rings. The summed E-state index contributed by atoms with van der Waals surface area (Å²) in [4.78, 5) is 60.9. The summed E-state index contributed by atoms with van der Waals surface area (Å²) >= 11 is 0. The van der Waals surface area contributed by atoms with Gasteiger partial charge in [0.05, 0.1) is 6.04 Å². The first-order valence-corrected chi connectivity index (χ1v) is 6.57. The molecule has 0 unspecified atom stereocenters. The second-order valence-electron chi connectivity index (χ2n) is 4.76. The molecule has 1 rings (SSSR count). The molecule has 0 saturated carbocycles. The van der Waals surface area contributed by atoms with Crippen LogP contribution in [0.25, 0.3) is 0 Å². The highest BCUT2D eigenvalue weighted by Crippen LogP contribution is 2.12. The van der Waals surface area contributed by atoms with Crippen molar-refractivity contribution in [3.8, 4) is 0 Å². The number of hydroxylamine groups is 2. The smallest absolute Gasteiger partial charge is 0.354 e. The normalized spacial score (nSPS) is 17.1. The third-order valence-electron chi connectivity index (χ3n) is 2.91. The number of nitrogens with two attached hydrogens (primary N) is 1. The lowest BCUT2D eigenvalue weighted by Gasteiger charge is -2.18. The van der Waals surface area contributed by atoms with E-state index in [1.54, 1.807) is 0 Å². The summed E-state index contributed by atoms with van der Waals surface area (Å²) in [6, 6.07) is -2.24. The Kier molecular flexibility index (Phi) is 5.99. The molecule has 0 aromatic rings. The predicted molar refractivity (Wildman–Crippen MR) is 69.6 cm³/mol. The number of carbonyl (C=O) groups excluding carboxylic acids is 4. The van der Waals surface area contributed by atoms with Crippen LogP contribution in [0.1, 0.15) is 32.6 Å². The molecule has 0 bridgehead atoms. The molecule has 1 saturated heterocycles. The minimum Gasteiger partial charge on any atom is -0.481 e. The molecule has 0 aromatic heterocycles. The monoisotopic (exact) mass is 315 g/mol. The predicted octanol–water partition coefficient (Wildman–Crippen LogP) is -1.71. The molecule has 1 aliphatic heterocycles. The summed E-state index contributed by atoms with van der Waals surface area (Å²) in [6.07, 6.45) is -0.448. The summed E-state index contributed by atoms with van der Waals surface area (Å²) in [5.41, 5.74) is 5.48. The molecule has 0 aliphatic carbocycles. The Morgan fingerprint density at radius 2 is 1.86 bits per heavy atom. The minimum atomic E-state index is -1.15. The average Bonchev–Trinajstić information content (AvgIpc) is 2.76. The summed E-state index contributed by atoms with van der Waals surface area (Å²) in [5, 5.41) is 11.1. The number of nitrogens with one attached hydrogen (secondary N) is 1. The van der Waals surface area contributed by atoms with Crippen LogP contribution < -0.4 is 11.1 Å². The molecule has 122 valence electrons. The van der Waals surface area contributed by atoms with Crippen LogP contribution in [0.3, 0.4) is 0 Å². The molecule has 0 spiro atoms. The average molecular weight is 315 g/mol. The molecular weight excluding hydrogens is 298 g/mol. The van der Waals surface area contributed by atoms with E-state index < -0.39 is 41.7 Å². The topological polar surface area (TPSA) is 156 Å². The van der Waals surface area contributed by atoms with Crippen LogP contribution >= 0.6 is 0 Å². The van der Waals surface area contributed by atoms with E-state index in [4.69, 9.17) is 10.8 Å². The molecule has 1 heterocycles. The first-order chi connectivity index (χ1) is 10.2. The first kappa shape index (κ1) is 17.6. The fourth-order valence-electron chi connectivity index (χ4n) is 1.62. The molecule has 10 heteroatoms. The molecule has 3 amide bonds. The quantitative estimate of drug-likeness (QED) is 0.469. The van der Waals surface area contributed by atoms with Crippen LogP contribution in [0.2, 0.25) is 0 Å². The third-order valence-corrected chi connectivity index (χ3v) is 2.91. The highest BCUT2D eigenvalue weighted by atomic mass is 16.7. The fourth-order valence-corrected chi connectivity index (χ4v) is 1.62. The molecule has 4 N–H and O–H groups in total. The van der Waals surface area contributed by atoms with Crippen molar-refractivity contribution in [1.29, 1.82) is 0 Å². The van der Waals surface area contributed by atoms with Gasteiger partial charge >= 0.3 is 11.9 Å². The Balaban J connectivity index is 2.46. The largest absolute Gasteiger partial charge is 0.481 e. The number of carboxylic acids is 1. The van der Waals surface area contributed by atoms with Gasteiger partial charge in [-0.25, -0.2) is 4.79 Å². The standard InChI is InChI=1S/C12H17N3O7/c1-6(14-11(20)7(13)2-5-10(18)19)12(21)22-15-8(16)3-4-9(15)17/h6-7H,2-5,13H2,1H3,(H,14,20)(H,18,19)/t6-,7-/m0/s1. The Morgan fingerprint density at radius 3 is 2.36 bits per heavy atom. The number of rotatable bonds is 7. The van der Waals surface area contributed by atoms with Gasteiger partial charge in [0.25, 0.3) is 11.8 Å². The number of imide groups is 1. The minimum absolute atomic E-state index is 0.0348. The zero-order valence-electron chi connectivity index (χ0n) is 11.9. The number of aliphatic carboxylic acids is 1. The van der Waals surface area contributed by atoms with Gasteiger partial charge in [0.15, 0.2) is 0 Å². The molecule has 0 radical (unpaired) electrons. The van der Waals surface area contributed by atoms with E-state index in [0.717, 1.165) is 0 Å². The van der Waals surface area contributed by atoms with E-state index in [-0.39, 0.29) is 25.7 Å². The summed E-state index contributed by atoms with van der Waals surface area (Å²) in [6.45, 7) is 1.29. The molecule has 10 nitrogen and oxygen atoms in total. The Labute approximate surface area is 125 Å². The van der Waals surface area contributed by atoms with E-state index in [9.17, 15) is 24.0 Å². The Hall–Kier alpha value is -2.49. The van der Waals surface area contributed by atoms with E-state index >= 15 is 0 Å². The number of carboxylic acid groups (broad SMARTS) is 1. The lowest BCUT2D eigenvalue weighted by molar-refractivity contribution is -0.198. The zero-order valence-corrected chi connectivity index (χ0v) is 11.9. The van der Waals surface area contributed by atoms with Gasteiger partial charge in [-0.05, 0) is 13.3 Å². The van der Waals surface area contributed by atoms with Crippen molar-refractivity contribution in [2.45, 2.75) is 44.7 Å². The fraction of sp³-hybridized carbons (Fsp3) is 0.583. The second-order valence-corrected chi connectivity index (χ2v) is 4.76. The van der Waals surface area contributed by atoms with Crippen LogP contribution in [-0.2, 0) is 28.8 Å². The maximum absolute atomic E-state index is 11.7. The third kappa shape index (κ3) is 4.81. The lowest BCUT2D eigenvalue weighted by atomic mass is 10.1. The SMILES string of the molecule is C[C@H](NC(=O)[C@@H](N)CCC(=O)O)C(=O)ON1C(=O)CCC1=O. The van der Waals surface area contributed by atoms with Gasteiger partial charge in [-0.15, -0.1) is 5.06 Å². The van der Waals surface area contributed by atoms with E-state index in [1.165, 1.54) is 6.92 Å². The Bertz CT molecular complexity index is 489. The van der Waals surface area contributed by atoms with Gasteiger partial charge in [0.2, 0.25) is 5.91 Å².